The van der Waals surface area contributed by atoms with Gasteiger partial charge in [0.1, 0.15) is 5.69 Å². The number of benzene rings is 1. The van der Waals surface area contributed by atoms with E-state index in [0.717, 1.165) is 41.9 Å². The molecule has 2 N–H and O–H groups in total. The summed E-state index contributed by atoms with van der Waals surface area (Å²) in [6.45, 7) is 0.777. The molecule has 2 heterocycles. The zero-order valence-corrected chi connectivity index (χ0v) is 12.3. The van der Waals surface area contributed by atoms with Gasteiger partial charge in [0.15, 0.2) is 5.82 Å². The minimum Gasteiger partial charge on any atom is -0.427 e. The van der Waals surface area contributed by atoms with Crippen LogP contribution >= 0.6 is 0 Å². The monoisotopic (exact) mass is 295 g/mol. The minimum atomic E-state index is -1.23. The van der Waals surface area contributed by atoms with Gasteiger partial charge in [-0.05, 0) is 37.0 Å². The number of rotatable bonds is 6. The molecule has 0 unspecified atom stereocenters. The molecule has 112 valence electrons. The molecule has 0 saturated heterocycles. The van der Waals surface area contributed by atoms with Gasteiger partial charge in [-0.25, -0.2) is 4.98 Å². The molecule has 0 aliphatic heterocycles. The Morgan fingerprint density at radius 2 is 1.82 bits per heavy atom. The van der Waals surface area contributed by atoms with E-state index in [1.54, 1.807) is 6.20 Å². The number of aryl methyl sites for hydroxylation is 1. The van der Waals surface area contributed by atoms with Gasteiger partial charge in [0.05, 0.1) is 11.0 Å². The van der Waals surface area contributed by atoms with Crippen LogP contribution in [0.4, 0.5) is 0 Å². The number of nitrogens with zero attached hydrogens (tertiary/aromatic N) is 3. The third-order valence-corrected chi connectivity index (χ3v) is 3.64. The number of pyridine rings is 1. The van der Waals surface area contributed by atoms with E-state index in [-0.39, 0.29) is 0 Å². The minimum absolute atomic E-state index is 0.394. The van der Waals surface area contributed by atoms with Crippen LogP contribution in [0.1, 0.15) is 12.8 Å². The summed E-state index contributed by atoms with van der Waals surface area (Å²) in [6.07, 6.45) is 3.77. The molecule has 3 aromatic rings. The summed E-state index contributed by atoms with van der Waals surface area (Å²) in [5.74, 6) is 0.853. The molecule has 22 heavy (non-hydrogen) atoms. The number of aromatic nitrogens is 3. The van der Waals surface area contributed by atoms with Crippen molar-refractivity contribution in [3.8, 4) is 11.5 Å². The van der Waals surface area contributed by atoms with E-state index in [2.05, 4.69) is 15.6 Å². The van der Waals surface area contributed by atoms with Gasteiger partial charge in [-0.15, -0.1) is 0 Å². The molecule has 0 fully saturated rings. The molecular weight excluding hydrogens is 277 g/mol. The molecular formula is C16H18BN3O2. The standard InChI is InChI=1S/C16H18BN3O2/c21-17(22)10-4-6-12-20-15-9-2-1-7-13(15)19-16(20)14-8-3-5-11-18-14/h1-3,5,7-9,11,21-22H,4,6,10,12H2. The van der Waals surface area contributed by atoms with Crippen LogP contribution in [-0.4, -0.2) is 31.7 Å². The summed E-state index contributed by atoms with van der Waals surface area (Å²) in [5, 5.41) is 17.9. The molecule has 0 atom stereocenters. The largest absolute Gasteiger partial charge is 0.451 e. The average molecular weight is 295 g/mol. The molecule has 0 aliphatic carbocycles. The van der Waals surface area contributed by atoms with E-state index in [4.69, 9.17) is 15.0 Å². The Morgan fingerprint density at radius 3 is 2.59 bits per heavy atom. The Labute approximate surface area is 129 Å². The van der Waals surface area contributed by atoms with Gasteiger partial charge < -0.3 is 14.6 Å². The van der Waals surface area contributed by atoms with Gasteiger partial charge in [0, 0.05) is 12.7 Å². The molecule has 0 radical (unpaired) electrons. The Kier molecular flexibility index (Phi) is 4.51. The van der Waals surface area contributed by atoms with E-state index in [1.165, 1.54) is 0 Å². The van der Waals surface area contributed by atoms with Crippen molar-refractivity contribution >= 4 is 18.2 Å². The van der Waals surface area contributed by atoms with Gasteiger partial charge in [0.25, 0.3) is 0 Å². The Bertz CT molecular complexity index is 743. The quantitative estimate of drug-likeness (QED) is 0.541. The molecule has 3 rings (SSSR count). The predicted molar refractivity (Wildman–Crippen MR) is 87.2 cm³/mol. The van der Waals surface area contributed by atoms with Crippen LogP contribution in [-0.2, 0) is 6.54 Å². The third kappa shape index (κ3) is 3.18. The molecule has 0 spiro atoms. The van der Waals surface area contributed by atoms with Gasteiger partial charge in [0.2, 0.25) is 0 Å². The zero-order chi connectivity index (χ0) is 15.4. The molecule has 5 nitrogen and oxygen atoms in total. The maximum absolute atomic E-state index is 8.94. The highest BCUT2D eigenvalue weighted by molar-refractivity contribution is 6.40. The maximum atomic E-state index is 8.94. The smallest absolute Gasteiger partial charge is 0.427 e. The summed E-state index contributed by atoms with van der Waals surface area (Å²) < 4.78 is 2.15. The van der Waals surface area contributed by atoms with Gasteiger partial charge in [-0.1, -0.05) is 24.6 Å². The van der Waals surface area contributed by atoms with E-state index in [1.807, 2.05) is 36.4 Å². The van der Waals surface area contributed by atoms with Crippen molar-refractivity contribution in [2.75, 3.05) is 0 Å². The molecule has 0 saturated carbocycles. The lowest BCUT2D eigenvalue weighted by molar-refractivity contribution is 0.401. The molecule has 0 aliphatic rings. The van der Waals surface area contributed by atoms with E-state index in [9.17, 15) is 0 Å². The van der Waals surface area contributed by atoms with Crippen molar-refractivity contribution in [1.82, 2.24) is 14.5 Å². The first kappa shape index (κ1) is 14.7. The van der Waals surface area contributed by atoms with Crippen LogP contribution in [0.3, 0.4) is 0 Å². The van der Waals surface area contributed by atoms with Crippen LogP contribution in [0.5, 0.6) is 0 Å². The summed E-state index contributed by atoms with van der Waals surface area (Å²) >= 11 is 0. The molecule has 1 aromatic carbocycles. The molecule has 0 bridgehead atoms. The topological polar surface area (TPSA) is 71.2 Å². The molecule has 0 amide bonds. The Hall–Kier alpha value is -2.18. The fraction of sp³-hybridized carbons (Fsp3) is 0.250. The van der Waals surface area contributed by atoms with Gasteiger partial charge in [-0.3, -0.25) is 4.98 Å². The van der Waals surface area contributed by atoms with Crippen molar-refractivity contribution in [2.45, 2.75) is 25.7 Å². The van der Waals surface area contributed by atoms with Crippen molar-refractivity contribution in [1.29, 1.82) is 0 Å². The fourth-order valence-electron chi connectivity index (χ4n) is 2.59. The van der Waals surface area contributed by atoms with Crippen LogP contribution in [0, 0.1) is 0 Å². The first-order valence-corrected chi connectivity index (χ1v) is 7.48. The van der Waals surface area contributed by atoms with Crippen LogP contribution in [0.25, 0.3) is 22.6 Å². The zero-order valence-electron chi connectivity index (χ0n) is 12.3. The second-order valence-corrected chi connectivity index (χ2v) is 5.27. The summed E-state index contributed by atoms with van der Waals surface area (Å²) in [5.41, 5.74) is 2.87. The van der Waals surface area contributed by atoms with Crippen LogP contribution in [0.2, 0.25) is 6.32 Å². The van der Waals surface area contributed by atoms with E-state index in [0.29, 0.717) is 6.32 Å². The lowest BCUT2D eigenvalue weighted by Crippen LogP contribution is -2.10. The second-order valence-electron chi connectivity index (χ2n) is 5.27. The van der Waals surface area contributed by atoms with Gasteiger partial charge >= 0.3 is 7.12 Å². The number of imidazole rings is 1. The van der Waals surface area contributed by atoms with Crippen molar-refractivity contribution in [2.24, 2.45) is 0 Å². The van der Waals surface area contributed by atoms with Gasteiger partial charge in [-0.2, -0.15) is 0 Å². The van der Waals surface area contributed by atoms with E-state index >= 15 is 0 Å². The highest BCUT2D eigenvalue weighted by atomic mass is 16.4. The highest BCUT2D eigenvalue weighted by Crippen LogP contribution is 2.24. The van der Waals surface area contributed by atoms with E-state index < -0.39 is 7.12 Å². The summed E-state index contributed by atoms with van der Waals surface area (Å²) in [7, 11) is -1.23. The van der Waals surface area contributed by atoms with Crippen LogP contribution in [0.15, 0.2) is 48.7 Å². The summed E-state index contributed by atoms with van der Waals surface area (Å²) in [4.78, 5) is 9.10. The number of unbranched alkanes of at least 4 members (excludes halogenated alkanes) is 1. The predicted octanol–water partition coefficient (Wildman–Crippen LogP) is 2.35. The normalized spacial score (nSPS) is 11.0. The fourth-order valence-corrected chi connectivity index (χ4v) is 2.59. The number of fused-ring (bicyclic) bond motifs is 1. The summed E-state index contributed by atoms with van der Waals surface area (Å²) in [6, 6.07) is 13.8. The molecule has 2 aromatic heterocycles. The Morgan fingerprint density at radius 1 is 1.00 bits per heavy atom. The third-order valence-electron chi connectivity index (χ3n) is 3.64. The lowest BCUT2D eigenvalue weighted by Gasteiger charge is -2.08. The number of hydrogen-bond acceptors (Lipinski definition) is 4. The van der Waals surface area contributed by atoms with Crippen molar-refractivity contribution in [3.05, 3.63) is 48.7 Å². The lowest BCUT2D eigenvalue weighted by atomic mass is 9.84. The first-order valence-electron chi connectivity index (χ1n) is 7.48. The number of hydrogen-bond donors (Lipinski definition) is 2. The second kappa shape index (κ2) is 6.72. The average Bonchev–Trinajstić information content (AvgIpc) is 2.91. The highest BCUT2D eigenvalue weighted by Gasteiger charge is 2.13. The first-order chi connectivity index (χ1) is 10.8. The van der Waals surface area contributed by atoms with Crippen molar-refractivity contribution in [3.63, 3.8) is 0 Å². The number of para-hydroxylation sites is 2. The Balaban J connectivity index is 1.92. The molecule has 6 heteroatoms. The van der Waals surface area contributed by atoms with Crippen molar-refractivity contribution < 1.29 is 10.0 Å². The maximum Gasteiger partial charge on any atom is 0.451 e. The van der Waals surface area contributed by atoms with Crippen LogP contribution < -0.4 is 0 Å². The SMILES string of the molecule is OB(O)CCCCn1c(-c2ccccn2)nc2ccccc21.